The molecule has 0 bridgehead atoms. The quantitative estimate of drug-likeness (QED) is 0.715. The Morgan fingerprint density at radius 1 is 1.15 bits per heavy atom. The van der Waals surface area contributed by atoms with Crippen LogP contribution in [0.3, 0.4) is 0 Å². The first-order valence-corrected chi connectivity index (χ1v) is 9.67. The molecule has 0 N–H and O–H groups in total. The Kier molecular flexibility index (Phi) is 4.20. The van der Waals surface area contributed by atoms with E-state index >= 15 is 0 Å². The van der Waals surface area contributed by atoms with Gasteiger partial charge in [0.1, 0.15) is 11.9 Å². The molecular weight excluding hydrogens is 340 g/mol. The molecule has 6 nitrogen and oxygen atoms in total. The summed E-state index contributed by atoms with van der Waals surface area (Å²) in [4.78, 5) is 2.31. The maximum absolute atomic E-state index is 6.36. The van der Waals surface area contributed by atoms with Gasteiger partial charge in [-0.2, -0.15) is 5.10 Å². The SMILES string of the molecule is Cn1ccc2c(OC3CCN(c4cc5c(nn4)CCOC5)CC3)cccc21. The number of hydrogen-bond acceptors (Lipinski definition) is 5. The molecule has 0 amide bonds. The molecule has 140 valence electrons. The lowest BCUT2D eigenvalue weighted by molar-refractivity contribution is 0.108. The maximum Gasteiger partial charge on any atom is 0.151 e. The van der Waals surface area contributed by atoms with Crippen LogP contribution in [0.25, 0.3) is 10.9 Å². The van der Waals surface area contributed by atoms with Gasteiger partial charge in [0.2, 0.25) is 0 Å². The number of aromatic nitrogens is 3. The van der Waals surface area contributed by atoms with Gasteiger partial charge in [0, 0.05) is 56.5 Å². The fourth-order valence-electron chi connectivity index (χ4n) is 4.04. The van der Waals surface area contributed by atoms with Crippen LogP contribution in [0.5, 0.6) is 5.75 Å². The summed E-state index contributed by atoms with van der Waals surface area (Å²) >= 11 is 0. The number of ether oxygens (including phenoxy) is 2. The molecule has 2 aromatic heterocycles. The summed E-state index contributed by atoms with van der Waals surface area (Å²) in [5, 5.41) is 10.0. The highest BCUT2D eigenvalue weighted by atomic mass is 16.5. The Morgan fingerprint density at radius 2 is 2.04 bits per heavy atom. The minimum Gasteiger partial charge on any atom is -0.490 e. The molecule has 2 aliphatic heterocycles. The molecule has 6 heteroatoms. The monoisotopic (exact) mass is 364 g/mol. The van der Waals surface area contributed by atoms with E-state index in [1.807, 2.05) is 0 Å². The van der Waals surface area contributed by atoms with Crippen molar-refractivity contribution in [3.05, 3.63) is 47.8 Å². The van der Waals surface area contributed by atoms with E-state index in [-0.39, 0.29) is 6.10 Å². The van der Waals surface area contributed by atoms with E-state index in [1.165, 1.54) is 16.5 Å². The Hall–Kier alpha value is -2.60. The standard InChI is InChI=1S/C21H24N4O2/c1-24-9-7-17-19(24)3-2-4-20(17)27-16-5-10-25(11-6-16)21-13-15-14-26-12-8-18(15)22-23-21/h2-4,7,9,13,16H,5-6,8,10-12,14H2,1H3. The Balaban J connectivity index is 1.26. The van der Waals surface area contributed by atoms with Gasteiger partial charge in [-0.25, -0.2) is 0 Å². The predicted octanol–water partition coefficient (Wildman–Crippen LogP) is 3.09. The van der Waals surface area contributed by atoms with E-state index in [9.17, 15) is 0 Å². The number of fused-ring (bicyclic) bond motifs is 2. The third-order valence-electron chi connectivity index (χ3n) is 5.64. The molecule has 2 aliphatic rings. The van der Waals surface area contributed by atoms with Crippen molar-refractivity contribution in [1.82, 2.24) is 14.8 Å². The van der Waals surface area contributed by atoms with E-state index in [4.69, 9.17) is 9.47 Å². The first-order chi connectivity index (χ1) is 13.3. The molecule has 0 atom stereocenters. The second kappa shape index (κ2) is 6.85. The summed E-state index contributed by atoms with van der Waals surface area (Å²) in [6.45, 7) is 3.27. The van der Waals surface area contributed by atoms with Crippen LogP contribution < -0.4 is 9.64 Å². The molecule has 0 unspecified atom stereocenters. The Labute approximate surface area is 158 Å². The van der Waals surface area contributed by atoms with Gasteiger partial charge in [-0.05, 0) is 24.3 Å². The van der Waals surface area contributed by atoms with E-state index in [1.54, 1.807) is 0 Å². The number of hydrogen-bond donors (Lipinski definition) is 0. The van der Waals surface area contributed by atoms with Crippen molar-refractivity contribution >= 4 is 16.7 Å². The summed E-state index contributed by atoms with van der Waals surface area (Å²) < 4.78 is 14.0. The fourth-order valence-corrected chi connectivity index (χ4v) is 4.04. The molecule has 0 saturated carbocycles. The summed E-state index contributed by atoms with van der Waals surface area (Å²) in [6.07, 6.45) is 5.15. The van der Waals surface area contributed by atoms with Crippen molar-refractivity contribution in [3.63, 3.8) is 0 Å². The summed E-state index contributed by atoms with van der Waals surface area (Å²) in [6, 6.07) is 10.5. The van der Waals surface area contributed by atoms with Crippen LogP contribution in [-0.4, -0.2) is 40.6 Å². The molecule has 0 spiro atoms. The normalized spacial score (nSPS) is 17.9. The van der Waals surface area contributed by atoms with Crippen LogP contribution >= 0.6 is 0 Å². The molecule has 5 rings (SSSR count). The molecule has 27 heavy (non-hydrogen) atoms. The number of piperidine rings is 1. The molecule has 3 aromatic rings. The van der Waals surface area contributed by atoms with Gasteiger partial charge >= 0.3 is 0 Å². The number of rotatable bonds is 3. The topological polar surface area (TPSA) is 52.4 Å². The average Bonchev–Trinajstić information content (AvgIpc) is 3.10. The van der Waals surface area contributed by atoms with Crippen LogP contribution in [0.15, 0.2) is 36.5 Å². The minimum absolute atomic E-state index is 0.237. The van der Waals surface area contributed by atoms with Crippen LogP contribution in [0.2, 0.25) is 0 Å². The van der Waals surface area contributed by atoms with Crippen molar-refractivity contribution in [2.75, 3.05) is 24.6 Å². The first-order valence-electron chi connectivity index (χ1n) is 9.67. The Morgan fingerprint density at radius 3 is 2.93 bits per heavy atom. The van der Waals surface area contributed by atoms with Gasteiger partial charge in [0.25, 0.3) is 0 Å². The van der Waals surface area contributed by atoms with Gasteiger partial charge < -0.3 is 18.9 Å². The highest BCUT2D eigenvalue weighted by molar-refractivity contribution is 5.86. The molecule has 0 radical (unpaired) electrons. The van der Waals surface area contributed by atoms with Crippen molar-refractivity contribution in [2.24, 2.45) is 7.05 Å². The van der Waals surface area contributed by atoms with E-state index < -0.39 is 0 Å². The second-order valence-corrected chi connectivity index (χ2v) is 7.40. The zero-order valence-electron chi connectivity index (χ0n) is 15.6. The van der Waals surface area contributed by atoms with Crippen molar-refractivity contribution in [1.29, 1.82) is 0 Å². The fraction of sp³-hybridized carbons (Fsp3) is 0.429. The highest BCUT2D eigenvalue weighted by Gasteiger charge is 2.23. The third-order valence-corrected chi connectivity index (χ3v) is 5.64. The number of nitrogens with zero attached hydrogens (tertiary/aromatic N) is 4. The van der Waals surface area contributed by atoms with Crippen LogP contribution in [-0.2, 0) is 24.8 Å². The van der Waals surface area contributed by atoms with E-state index in [2.05, 4.69) is 63.2 Å². The van der Waals surface area contributed by atoms with Gasteiger partial charge in [0.05, 0.1) is 24.4 Å². The van der Waals surface area contributed by atoms with Crippen molar-refractivity contribution in [3.8, 4) is 5.75 Å². The molecule has 1 saturated heterocycles. The summed E-state index contributed by atoms with van der Waals surface area (Å²) in [5.74, 6) is 1.94. The van der Waals surface area contributed by atoms with E-state index in [0.29, 0.717) is 6.61 Å². The maximum atomic E-state index is 6.36. The smallest absolute Gasteiger partial charge is 0.151 e. The first kappa shape index (κ1) is 16.6. The second-order valence-electron chi connectivity index (χ2n) is 7.40. The lowest BCUT2D eigenvalue weighted by Crippen LogP contribution is -2.39. The third kappa shape index (κ3) is 3.14. The molecule has 0 aliphatic carbocycles. The van der Waals surface area contributed by atoms with Crippen molar-refractivity contribution < 1.29 is 9.47 Å². The van der Waals surface area contributed by atoms with Gasteiger partial charge in [-0.1, -0.05) is 6.07 Å². The van der Waals surface area contributed by atoms with Crippen LogP contribution in [0.1, 0.15) is 24.1 Å². The average molecular weight is 364 g/mol. The molecule has 4 heterocycles. The minimum atomic E-state index is 0.237. The molecule has 1 fully saturated rings. The van der Waals surface area contributed by atoms with Crippen LogP contribution in [0.4, 0.5) is 5.82 Å². The molecule has 1 aromatic carbocycles. The van der Waals surface area contributed by atoms with Gasteiger partial charge in [0.15, 0.2) is 5.82 Å². The zero-order valence-corrected chi connectivity index (χ0v) is 15.6. The largest absolute Gasteiger partial charge is 0.490 e. The number of anilines is 1. The summed E-state index contributed by atoms with van der Waals surface area (Å²) in [5.41, 5.74) is 3.47. The highest BCUT2D eigenvalue weighted by Crippen LogP contribution is 2.29. The number of benzene rings is 1. The van der Waals surface area contributed by atoms with Crippen LogP contribution in [0, 0.1) is 0 Å². The molecular formula is C21H24N4O2. The lowest BCUT2D eigenvalue weighted by atomic mass is 10.1. The predicted molar refractivity (Wildman–Crippen MR) is 104 cm³/mol. The van der Waals surface area contributed by atoms with E-state index in [0.717, 1.165) is 56.2 Å². The van der Waals surface area contributed by atoms with Gasteiger partial charge in [-0.15, -0.1) is 5.10 Å². The van der Waals surface area contributed by atoms with Gasteiger partial charge in [-0.3, -0.25) is 0 Å². The lowest BCUT2D eigenvalue weighted by Gasteiger charge is -2.33. The zero-order chi connectivity index (χ0) is 18.2. The van der Waals surface area contributed by atoms with Crippen molar-refractivity contribution in [2.45, 2.75) is 32.0 Å². The number of aryl methyl sites for hydroxylation is 1. The Bertz CT molecular complexity index is 960. The summed E-state index contributed by atoms with van der Waals surface area (Å²) in [7, 11) is 2.06.